The van der Waals surface area contributed by atoms with Crippen molar-refractivity contribution in [3.63, 3.8) is 0 Å². The van der Waals surface area contributed by atoms with Crippen LogP contribution in [0, 0.1) is 0 Å². The number of carbonyl (C=O) groups is 2. The Balaban J connectivity index is 2.24. The molecule has 108 valence electrons. The number of carboxylic acid groups (broad SMARTS) is 1. The average Bonchev–Trinajstić information content (AvgIpc) is 2.89. The number of aliphatic hydroxyl groups is 1. The van der Waals surface area contributed by atoms with E-state index < -0.39 is 17.5 Å². The van der Waals surface area contributed by atoms with Gasteiger partial charge in [-0.05, 0) is 35.7 Å². The predicted molar refractivity (Wildman–Crippen MR) is 77.7 cm³/mol. The number of aromatic nitrogens is 1. The van der Waals surface area contributed by atoms with Gasteiger partial charge in [-0.1, -0.05) is 12.1 Å². The lowest BCUT2D eigenvalue weighted by molar-refractivity contribution is -0.146. The van der Waals surface area contributed by atoms with Gasteiger partial charge in [0.15, 0.2) is 0 Å². The number of anilines is 1. The molecule has 1 aromatic heterocycles. The molecule has 0 saturated carbocycles. The summed E-state index contributed by atoms with van der Waals surface area (Å²) in [5.74, 6) is -3.20. The standard InChI is InChI=1S/C15H14N2O4/c16-11-3-1-9(2-4-11)7-10-5-6-17-14(10)12(18)8-13(19)15(20)21/h1-6,8,17-18H,7,16H2,(H,20,21). The predicted octanol–water partition coefficient (Wildman–Crippen LogP) is 1.74. The van der Waals surface area contributed by atoms with Gasteiger partial charge >= 0.3 is 5.97 Å². The highest BCUT2D eigenvalue weighted by Crippen LogP contribution is 2.19. The van der Waals surface area contributed by atoms with Gasteiger partial charge in [0.05, 0.1) is 5.69 Å². The van der Waals surface area contributed by atoms with Crippen molar-refractivity contribution < 1.29 is 19.8 Å². The Morgan fingerprint density at radius 1 is 1.14 bits per heavy atom. The van der Waals surface area contributed by atoms with E-state index in [4.69, 9.17) is 10.8 Å². The average molecular weight is 286 g/mol. The Kier molecular flexibility index (Phi) is 4.08. The third kappa shape index (κ3) is 3.50. The number of nitrogens with two attached hydrogens (primary N) is 1. The lowest BCUT2D eigenvalue weighted by Gasteiger charge is -2.04. The normalized spacial score (nSPS) is 11.3. The fourth-order valence-electron chi connectivity index (χ4n) is 1.90. The van der Waals surface area contributed by atoms with E-state index in [1.807, 2.05) is 12.1 Å². The number of carbonyl (C=O) groups excluding carboxylic acids is 1. The number of aromatic amines is 1. The van der Waals surface area contributed by atoms with Crippen LogP contribution < -0.4 is 5.73 Å². The van der Waals surface area contributed by atoms with E-state index in [1.54, 1.807) is 24.4 Å². The Morgan fingerprint density at radius 2 is 1.81 bits per heavy atom. The van der Waals surface area contributed by atoms with Gasteiger partial charge in [0.1, 0.15) is 5.76 Å². The van der Waals surface area contributed by atoms with E-state index in [0.29, 0.717) is 23.9 Å². The Bertz CT molecular complexity index is 699. The highest BCUT2D eigenvalue weighted by Gasteiger charge is 2.14. The zero-order valence-electron chi connectivity index (χ0n) is 11.0. The molecule has 0 fully saturated rings. The Labute approximate surface area is 120 Å². The molecule has 0 radical (unpaired) electrons. The molecule has 1 aromatic carbocycles. The molecule has 0 amide bonds. The minimum atomic E-state index is -1.62. The van der Waals surface area contributed by atoms with E-state index in [0.717, 1.165) is 11.1 Å². The number of hydrogen-bond donors (Lipinski definition) is 4. The number of nitrogens with one attached hydrogen (secondary N) is 1. The van der Waals surface area contributed by atoms with Crippen LogP contribution in [-0.4, -0.2) is 26.9 Å². The summed E-state index contributed by atoms with van der Waals surface area (Å²) in [7, 11) is 0. The molecule has 6 heteroatoms. The van der Waals surface area contributed by atoms with Crippen LogP contribution in [0.15, 0.2) is 42.6 Å². The second kappa shape index (κ2) is 5.96. The first-order valence-electron chi connectivity index (χ1n) is 6.16. The summed E-state index contributed by atoms with van der Waals surface area (Å²) in [4.78, 5) is 24.4. The molecule has 0 aliphatic rings. The summed E-state index contributed by atoms with van der Waals surface area (Å²) in [5.41, 5.74) is 8.31. The van der Waals surface area contributed by atoms with Crippen molar-refractivity contribution in [1.29, 1.82) is 0 Å². The minimum Gasteiger partial charge on any atom is -0.506 e. The fourth-order valence-corrected chi connectivity index (χ4v) is 1.90. The summed E-state index contributed by atoms with van der Waals surface area (Å²) in [6.07, 6.45) is 2.80. The number of benzene rings is 1. The minimum absolute atomic E-state index is 0.321. The summed E-state index contributed by atoms with van der Waals surface area (Å²) in [5, 5.41) is 18.4. The number of ketones is 1. The number of carboxylic acids is 1. The first-order valence-corrected chi connectivity index (χ1v) is 6.16. The van der Waals surface area contributed by atoms with Crippen LogP contribution in [0.25, 0.3) is 5.76 Å². The maximum atomic E-state index is 11.1. The van der Waals surface area contributed by atoms with Gasteiger partial charge in [-0.3, -0.25) is 4.79 Å². The summed E-state index contributed by atoms with van der Waals surface area (Å²) >= 11 is 0. The molecule has 0 atom stereocenters. The van der Waals surface area contributed by atoms with Crippen molar-refractivity contribution in [2.75, 3.05) is 5.73 Å². The van der Waals surface area contributed by atoms with Crippen LogP contribution in [-0.2, 0) is 16.0 Å². The van der Waals surface area contributed by atoms with E-state index in [2.05, 4.69) is 4.98 Å². The zero-order valence-corrected chi connectivity index (χ0v) is 11.0. The smallest absolute Gasteiger partial charge is 0.376 e. The molecule has 0 aliphatic heterocycles. The van der Waals surface area contributed by atoms with Gasteiger partial charge in [0.2, 0.25) is 0 Å². The van der Waals surface area contributed by atoms with Crippen molar-refractivity contribution in [2.45, 2.75) is 6.42 Å². The molecule has 0 saturated heterocycles. The van der Waals surface area contributed by atoms with Gasteiger partial charge in [0, 0.05) is 18.0 Å². The van der Waals surface area contributed by atoms with Crippen molar-refractivity contribution >= 4 is 23.2 Å². The number of aliphatic hydroxyl groups excluding tert-OH is 1. The third-order valence-corrected chi connectivity index (χ3v) is 2.94. The van der Waals surface area contributed by atoms with Crippen LogP contribution in [0.2, 0.25) is 0 Å². The summed E-state index contributed by atoms with van der Waals surface area (Å²) in [6, 6.07) is 9.00. The molecule has 0 bridgehead atoms. The highest BCUT2D eigenvalue weighted by atomic mass is 16.4. The summed E-state index contributed by atoms with van der Waals surface area (Å²) < 4.78 is 0. The largest absolute Gasteiger partial charge is 0.506 e. The molecule has 5 N–H and O–H groups in total. The molecule has 0 spiro atoms. The number of aliphatic carboxylic acids is 1. The van der Waals surface area contributed by atoms with Gasteiger partial charge in [-0.2, -0.15) is 0 Å². The maximum Gasteiger partial charge on any atom is 0.376 e. The maximum absolute atomic E-state index is 11.1. The van der Waals surface area contributed by atoms with Crippen LogP contribution in [0.5, 0.6) is 0 Å². The first kappa shape index (κ1) is 14.4. The molecular formula is C15H14N2O4. The van der Waals surface area contributed by atoms with Crippen LogP contribution in [0.4, 0.5) is 5.69 Å². The molecule has 1 heterocycles. The number of H-pyrrole nitrogens is 1. The van der Waals surface area contributed by atoms with Crippen LogP contribution >= 0.6 is 0 Å². The molecule has 0 unspecified atom stereocenters. The number of hydrogen-bond acceptors (Lipinski definition) is 4. The number of rotatable bonds is 5. The quantitative estimate of drug-likeness (QED) is 0.289. The topological polar surface area (TPSA) is 116 Å². The van der Waals surface area contributed by atoms with Crippen molar-refractivity contribution in [3.05, 3.63) is 59.4 Å². The fraction of sp³-hybridized carbons (Fsp3) is 0.0667. The van der Waals surface area contributed by atoms with Gasteiger partial charge in [-0.15, -0.1) is 0 Å². The highest BCUT2D eigenvalue weighted by molar-refractivity contribution is 6.38. The van der Waals surface area contributed by atoms with Gasteiger partial charge < -0.3 is 20.9 Å². The molecule has 0 aliphatic carbocycles. The van der Waals surface area contributed by atoms with Gasteiger partial charge in [0.25, 0.3) is 5.78 Å². The Morgan fingerprint density at radius 3 is 2.43 bits per heavy atom. The molecule has 2 rings (SSSR count). The van der Waals surface area contributed by atoms with E-state index >= 15 is 0 Å². The van der Waals surface area contributed by atoms with Crippen LogP contribution in [0.1, 0.15) is 16.8 Å². The molecule has 21 heavy (non-hydrogen) atoms. The van der Waals surface area contributed by atoms with Crippen molar-refractivity contribution in [2.24, 2.45) is 0 Å². The van der Waals surface area contributed by atoms with Crippen molar-refractivity contribution in [3.8, 4) is 0 Å². The van der Waals surface area contributed by atoms with Gasteiger partial charge in [-0.25, -0.2) is 4.79 Å². The molecule has 6 nitrogen and oxygen atoms in total. The summed E-state index contributed by atoms with van der Waals surface area (Å²) in [6.45, 7) is 0. The Hall–Kier alpha value is -3.02. The lowest BCUT2D eigenvalue weighted by Crippen LogP contribution is -2.09. The van der Waals surface area contributed by atoms with Crippen LogP contribution in [0.3, 0.4) is 0 Å². The molecular weight excluding hydrogens is 272 g/mol. The second-order valence-corrected chi connectivity index (χ2v) is 4.50. The first-order chi connectivity index (χ1) is 9.97. The van der Waals surface area contributed by atoms with Crippen molar-refractivity contribution in [1.82, 2.24) is 4.98 Å². The zero-order chi connectivity index (χ0) is 15.4. The van der Waals surface area contributed by atoms with E-state index in [-0.39, 0.29) is 0 Å². The third-order valence-electron chi connectivity index (χ3n) is 2.94. The second-order valence-electron chi connectivity index (χ2n) is 4.50. The SMILES string of the molecule is Nc1ccc(Cc2cc[nH]c2C(O)=CC(=O)C(=O)O)cc1. The van der Waals surface area contributed by atoms with E-state index in [9.17, 15) is 14.7 Å². The monoisotopic (exact) mass is 286 g/mol. The lowest BCUT2D eigenvalue weighted by atomic mass is 10.0. The van der Waals surface area contributed by atoms with E-state index in [1.165, 1.54) is 0 Å². The molecule has 2 aromatic rings. The number of nitrogen functional groups attached to an aromatic ring is 1.